The Bertz CT molecular complexity index is 747. The Balaban J connectivity index is 1.73. The number of urea groups is 1. The van der Waals surface area contributed by atoms with E-state index in [1.807, 2.05) is 48.5 Å². The van der Waals surface area contributed by atoms with Gasteiger partial charge in [0.05, 0.1) is 36.5 Å². The summed E-state index contributed by atoms with van der Waals surface area (Å²) >= 11 is 0. The molecular formula is C20H30BFN2O4. The highest BCUT2D eigenvalue weighted by atomic mass is 19.1. The number of rotatable bonds is 4. The molecule has 2 fully saturated rings. The summed E-state index contributed by atoms with van der Waals surface area (Å²) in [6.07, 6.45) is 0.183. The number of hydrogen-bond acceptors (Lipinski definition) is 4. The molecule has 2 aliphatic heterocycles. The minimum absolute atomic E-state index is 0.0552. The second-order valence-electron chi connectivity index (χ2n) is 8.90. The second kappa shape index (κ2) is 7.32. The van der Waals surface area contributed by atoms with Crippen molar-refractivity contribution in [2.45, 2.75) is 71.9 Å². The fourth-order valence-electron chi connectivity index (χ4n) is 3.31. The molecule has 0 saturated carbocycles. The Morgan fingerprint density at radius 3 is 2.36 bits per heavy atom. The topological polar surface area (TPSA) is 60.0 Å². The van der Waals surface area contributed by atoms with Crippen LogP contribution in [0.15, 0.2) is 12.1 Å². The van der Waals surface area contributed by atoms with Gasteiger partial charge in [-0.1, -0.05) is 0 Å². The maximum absolute atomic E-state index is 14.3. The number of carbonyl (C=O) groups excluding carboxylic acids is 1. The van der Waals surface area contributed by atoms with Gasteiger partial charge in [0, 0.05) is 5.69 Å². The molecular weight excluding hydrogens is 362 g/mol. The highest BCUT2D eigenvalue weighted by molar-refractivity contribution is 6.62. The number of benzene rings is 1. The summed E-state index contributed by atoms with van der Waals surface area (Å²) in [6.45, 7) is 14.6. The quantitative estimate of drug-likeness (QED) is 0.801. The molecule has 2 amide bonds. The number of halogens is 1. The van der Waals surface area contributed by atoms with Crippen LogP contribution in [0.25, 0.3) is 0 Å². The van der Waals surface area contributed by atoms with Crippen molar-refractivity contribution in [1.82, 2.24) is 4.90 Å². The van der Waals surface area contributed by atoms with Crippen LogP contribution in [0.4, 0.5) is 14.9 Å². The minimum atomic E-state index is -0.691. The molecule has 0 aromatic heterocycles. The molecule has 2 heterocycles. The van der Waals surface area contributed by atoms with Crippen LogP contribution in [0.2, 0.25) is 0 Å². The van der Waals surface area contributed by atoms with E-state index >= 15 is 0 Å². The average molecular weight is 392 g/mol. The van der Waals surface area contributed by atoms with Crippen LogP contribution in [0.5, 0.6) is 0 Å². The van der Waals surface area contributed by atoms with Crippen LogP contribution in [0, 0.1) is 12.7 Å². The number of amides is 2. The van der Waals surface area contributed by atoms with Crippen LogP contribution in [0.1, 0.15) is 47.1 Å². The van der Waals surface area contributed by atoms with Crippen LogP contribution >= 0.6 is 0 Å². The Morgan fingerprint density at radius 2 is 1.82 bits per heavy atom. The summed E-state index contributed by atoms with van der Waals surface area (Å²) in [7, 11) is -0.691. The monoisotopic (exact) mass is 392 g/mol. The van der Waals surface area contributed by atoms with Crippen LogP contribution in [-0.4, -0.2) is 54.5 Å². The average Bonchev–Trinajstić information content (AvgIpc) is 2.73. The highest BCUT2D eigenvalue weighted by Gasteiger charge is 2.52. The molecule has 6 nitrogen and oxygen atoms in total. The standard InChI is InChI=1S/C20H30BFN2O4/c1-12(2)26-15-10-24(11-15)18(25)23-17-9-14(22)8-16(13(17)3)21-27-19(4,5)20(6,7)28-21/h8-9,12,15H,10-11H2,1-7H3,(H,23,25). The van der Waals surface area contributed by atoms with Gasteiger partial charge in [0.1, 0.15) is 5.82 Å². The molecule has 1 aromatic carbocycles. The van der Waals surface area contributed by atoms with Crippen molar-refractivity contribution in [3.8, 4) is 0 Å². The molecule has 2 saturated heterocycles. The molecule has 0 bridgehead atoms. The van der Waals surface area contributed by atoms with Crippen LogP contribution in [0.3, 0.4) is 0 Å². The van der Waals surface area contributed by atoms with Gasteiger partial charge < -0.3 is 24.3 Å². The van der Waals surface area contributed by atoms with Gasteiger partial charge in [-0.2, -0.15) is 0 Å². The highest BCUT2D eigenvalue weighted by Crippen LogP contribution is 2.37. The number of carbonyl (C=O) groups is 1. The molecule has 0 aliphatic carbocycles. The molecule has 3 rings (SSSR count). The van der Waals surface area contributed by atoms with Gasteiger partial charge in [-0.05, 0) is 71.6 Å². The molecule has 1 N–H and O–H groups in total. The smallest absolute Gasteiger partial charge is 0.399 e. The van der Waals surface area contributed by atoms with Crippen molar-refractivity contribution in [2.75, 3.05) is 18.4 Å². The van der Waals surface area contributed by atoms with Crippen molar-refractivity contribution >= 4 is 24.3 Å². The molecule has 0 unspecified atom stereocenters. The van der Waals surface area contributed by atoms with Crippen molar-refractivity contribution in [2.24, 2.45) is 0 Å². The molecule has 0 spiro atoms. The number of nitrogens with one attached hydrogen (secondary N) is 1. The molecule has 8 heteroatoms. The SMILES string of the molecule is Cc1c(NC(=O)N2CC(OC(C)C)C2)cc(F)cc1B1OC(C)(C)C(C)(C)O1. The summed E-state index contributed by atoms with van der Waals surface area (Å²) < 4.78 is 32.1. The van der Waals surface area contributed by atoms with E-state index in [2.05, 4.69) is 5.32 Å². The molecule has 2 aliphatic rings. The van der Waals surface area contributed by atoms with Gasteiger partial charge in [-0.15, -0.1) is 0 Å². The molecule has 0 radical (unpaired) electrons. The van der Waals surface area contributed by atoms with E-state index in [-0.39, 0.29) is 18.2 Å². The molecule has 28 heavy (non-hydrogen) atoms. The van der Waals surface area contributed by atoms with Gasteiger partial charge in [-0.25, -0.2) is 9.18 Å². The lowest BCUT2D eigenvalue weighted by Gasteiger charge is -2.39. The van der Waals surface area contributed by atoms with Crippen molar-refractivity contribution < 1.29 is 23.2 Å². The first-order valence-corrected chi connectivity index (χ1v) is 9.76. The third-order valence-corrected chi connectivity index (χ3v) is 5.76. The van der Waals surface area contributed by atoms with E-state index in [0.29, 0.717) is 24.2 Å². The third-order valence-electron chi connectivity index (χ3n) is 5.76. The summed E-state index contributed by atoms with van der Waals surface area (Å²) in [5.41, 5.74) is 0.677. The second-order valence-corrected chi connectivity index (χ2v) is 8.90. The number of ether oxygens (including phenoxy) is 1. The first-order valence-electron chi connectivity index (χ1n) is 9.76. The third kappa shape index (κ3) is 4.04. The fraction of sp³-hybridized carbons (Fsp3) is 0.650. The fourth-order valence-corrected chi connectivity index (χ4v) is 3.31. The van der Waals surface area contributed by atoms with Crippen LogP contribution < -0.4 is 10.8 Å². The maximum atomic E-state index is 14.3. The lowest BCUT2D eigenvalue weighted by atomic mass is 9.75. The van der Waals surface area contributed by atoms with E-state index in [9.17, 15) is 9.18 Å². The Morgan fingerprint density at radius 1 is 1.25 bits per heavy atom. The predicted octanol–water partition coefficient (Wildman–Crippen LogP) is 3.07. The normalized spacial score (nSPS) is 21.2. The van der Waals surface area contributed by atoms with Crippen molar-refractivity contribution in [3.05, 3.63) is 23.5 Å². The molecule has 0 atom stereocenters. The number of likely N-dealkylation sites (tertiary alicyclic amines) is 1. The molecule has 1 aromatic rings. The van der Waals surface area contributed by atoms with Crippen molar-refractivity contribution in [1.29, 1.82) is 0 Å². The summed E-state index contributed by atoms with van der Waals surface area (Å²) in [5.74, 6) is -0.449. The number of anilines is 1. The van der Waals surface area contributed by atoms with Gasteiger partial charge in [-0.3, -0.25) is 0 Å². The van der Waals surface area contributed by atoms with Gasteiger partial charge in [0.15, 0.2) is 0 Å². The largest absolute Gasteiger partial charge is 0.495 e. The Labute approximate surface area is 166 Å². The van der Waals surface area contributed by atoms with Gasteiger partial charge >= 0.3 is 13.1 Å². The Hall–Kier alpha value is -1.64. The number of nitrogens with zero attached hydrogens (tertiary/aromatic N) is 1. The van der Waals surface area contributed by atoms with Crippen LogP contribution in [-0.2, 0) is 14.0 Å². The lowest BCUT2D eigenvalue weighted by Crippen LogP contribution is -2.56. The van der Waals surface area contributed by atoms with E-state index in [4.69, 9.17) is 14.0 Å². The zero-order valence-corrected chi connectivity index (χ0v) is 17.8. The summed E-state index contributed by atoms with van der Waals surface area (Å²) in [6, 6.07) is 2.46. The molecule has 154 valence electrons. The zero-order valence-electron chi connectivity index (χ0n) is 17.8. The summed E-state index contributed by atoms with van der Waals surface area (Å²) in [5, 5.41) is 2.81. The zero-order chi connectivity index (χ0) is 20.9. The maximum Gasteiger partial charge on any atom is 0.495 e. The van der Waals surface area contributed by atoms with E-state index in [0.717, 1.165) is 5.56 Å². The first-order chi connectivity index (χ1) is 12.9. The predicted molar refractivity (Wildman–Crippen MR) is 107 cm³/mol. The van der Waals surface area contributed by atoms with Gasteiger partial charge in [0.25, 0.3) is 0 Å². The number of hydrogen-bond donors (Lipinski definition) is 1. The van der Waals surface area contributed by atoms with E-state index < -0.39 is 24.1 Å². The minimum Gasteiger partial charge on any atom is -0.399 e. The first kappa shape index (κ1) is 21.1. The van der Waals surface area contributed by atoms with E-state index in [1.54, 1.807) is 4.90 Å². The lowest BCUT2D eigenvalue weighted by molar-refractivity contribution is -0.0624. The Kier molecular flexibility index (Phi) is 5.51. The van der Waals surface area contributed by atoms with E-state index in [1.165, 1.54) is 12.1 Å². The van der Waals surface area contributed by atoms with Gasteiger partial charge in [0.2, 0.25) is 0 Å². The van der Waals surface area contributed by atoms with Crippen molar-refractivity contribution in [3.63, 3.8) is 0 Å². The summed E-state index contributed by atoms with van der Waals surface area (Å²) in [4.78, 5) is 14.1.